The number of carbonyl (C=O) groups excluding carboxylic acids is 1. The molecule has 3 rings (SSSR count). The van der Waals surface area contributed by atoms with Crippen LogP contribution in [0.1, 0.15) is 66.7 Å². The predicted molar refractivity (Wildman–Crippen MR) is 128 cm³/mol. The van der Waals surface area contributed by atoms with E-state index in [1.54, 1.807) is 6.07 Å². The summed E-state index contributed by atoms with van der Waals surface area (Å²) in [6.07, 6.45) is 5.16. The zero-order chi connectivity index (χ0) is 23.6. The second-order valence-electron chi connectivity index (χ2n) is 8.36. The highest BCUT2D eigenvalue weighted by Gasteiger charge is 2.15. The van der Waals surface area contributed by atoms with Crippen molar-refractivity contribution in [2.75, 3.05) is 0 Å². The highest BCUT2D eigenvalue weighted by molar-refractivity contribution is 5.93. The Balaban J connectivity index is 1.51. The lowest BCUT2D eigenvalue weighted by atomic mass is 9.97. The van der Waals surface area contributed by atoms with Crippen LogP contribution in [0.15, 0.2) is 59.1 Å². The third kappa shape index (κ3) is 7.04. The summed E-state index contributed by atoms with van der Waals surface area (Å²) in [5.41, 5.74) is 4.56. The van der Waals surface area contributed by atoms with Crippen LogP contribution in [0, 0.1) is 5.92 Å². The molecule has 0 aliphatic carbocycles. The molecule has 33 heavy (non-hydrogen) atoms. The predicted octanol–water partition coefficient (Wildman–Crippen LogP) is 5.66. The molecule has 0 bridgehead atoms. The van der Waals surface area contributed by atoms with Gasteiger partial charge in [0.1, 0.15) is 0 Å². The van der Waals surface area contributed by atoms with Crippen molar-refractivity contribution in [1.82, 2.24) is 10.5 Å². The second kappa shape index (κ2) is 12.0. The molecular formula is C27H32N2O4. The number of amides is 1. The van der Waals surface area contributed by atoms with Crippen molar-refractivity contribution in [3.05, 3.63) is 77.0 Å². The number of aliphatic carboxylic acids is 1. The smallest absolute Gasteiger partial charge is 0.306 e. The maximum atomic E-state index is 12.5. The number of aromatic nitrogens is 1. The van der Waals surface area contributed by atoms with Gasteiger partial charge in [-0.25, -0.2) is 0 Å². The normalized spacial score (nSPS) is 11.8. The van der Waals surface area contributed by atoms with Gasteiger partial charge in [0.25, 0.3) is 5.91 Å². The number of carboxylic acid groups (broad SMARTS) is 1. The Morgan fingerprint density at radius 2 is 1.61 bits per heavy atom. The van der Waals surface area contributed by atoms with Crippen LogP contribution >= 0.6 is 0 Å². The molecule has 1 aromatic heterocycles. The van der Waals surface area contributed by atoms with Gasteiger partial charge in [0.15, 0.2) is 11.5 Å². The zero-order valence-corrected chi connectivity index (χ0v) is 19.3. The van der Waals surface area contributed by atoms with Gasteiger partial charge in [0, 0.05) is 18.2 Å². The number of rotatable bonds is 12. The van der Waals surface area contributed by atoms with Gasteiger partial charge >= 0.3 is 5.97 Å². The van der Waals surface area contributed by atoms with Crippen LogP contribution in [-0.4, -0.2) is 22.1 Å². The number of carbonyl (C=O) groups is 2. The first-order valence-corrected chi connectivity index (χ1v) is 11.6. The number of aryl methyl sites for hydroxylation is 2. The van der Waals surface area contributed by atoms with E-state index in [2.05, 4.69) is 29.5 Å². The summed E-state index contributed by atoms with van der Waals surface area (Å²) in [6, 6.07) is 17.8. The molecule has 3 aromatic rings. The molecule has 0 aliphatic rings. The minimum atomic E-state index is -0.720. The minimum Gasteiger partial charge on any atom is -0.481 e. The lowest BCUT2D eigenvalue weighted by molar-refractivity contribution is -0.142. The van der Waals surface area contributed by atoms with Gasteiger partial charge in [-0.1, -0.05) is 74.0 Å². The average molecular weight is 449 g/mol. The Morgan fingerprint density at radius 1 is 0.970 bits per heavy atom. The van der Waals surface area contributed by atoms with Crippen LogP contribution in [0.4, 0.5) is 0 Å². The molecule has 0 spiro atoms. The van der Waals surface area contributed by atoms with E-state index in [0.717, 1.165) is 42.4 Å². The molecule has 0 fully saturated rings. The highest BCUT2D eigenvalue weighted by atomic mass is 16.5. The Hall–Kier alpha value is -3.41. The van der Waals surface area contributed by atoms with Gasteiger partial charge in [-0.3, -0.25) is 9.59 Å². The summed E-state index contributed by atoms with van der Waals surface area (Å²) in [5, 5.41) is 15.9. The van der Waals surface area contributed by atoms with Gasteiger partial charge in [-0.2, -0.15) is 0 Å². The Labute approximate surface area is 195 Å². The quantitative estimate of drug-likeness (QED) is 0.373. The zero-order valence-electron chi connectivity index (χ0n) is 19.3. The topological polar surface area (TPSA) is 92.4 Å². The molecule has 0 aliphatic heterocycles. The maximum absolute atomic E-state index is 12.5. The number of hydrogen-bond donors (Lipinski definition) is 2. The van der Waals surface area contributed by atoms with E-state index in [1.165, 1.54) is 5.56 Å². The fourth-order valence-electron chi connectivity index (χ4n) is 3.79. The number of nitrogens with one attached hydrogen (secondary N) is 1. The van der Waals surface area contributed by atoms with E-state index in [-0.39, 0.29) is 17.5 Å². The molecule has 6 heteroatoms. The number of hydrogen-bond acceptors (Lipinski definition) is 4. The van der Waals surface area contributed by atoms with Gasteiger partial charge < -0.3 is 14.9 Å². The SMILES string of the molecule is CCCc1ccc(CNC(=O)c2cc(-c3ccc(CCCC(CC)C(=O)O)cc3)on2)cc1. The van der Waals surface area contributed by atoms with Crippen LogP contribution in [0.25, 0.3) is 11.3 Å². The van der Waals surface area contributed by atoms with Gasteiger partial charge in [0.2, 0.25) is 0 Å². The first kappa shape index (κ1) is 24.2. The number of carboxylic acids is 1. The van der Waals surface area contributed by atoms with E-state index < -0.39 is 5.97 Å². The van der Waals surface area contributed by atoms with Crippen molar-refractivity contribution in [3.8, 4) is 11.3 Å². The van der Waals surface area contributed by atoms with Crippen LogP contribution in [0.3, 0.4) is 0 Å². The van der Waals surface area contributed by atoms with Gasteiger partial charge in [0.05, 0.1) is 5.92 Å². The largest absolute Gasteiger partial charge is 0.481 e. The summed E-state index contributed by atoms with van der Waals surface area (Å²) in [7, 11) is 0. The van der Waals surface area contributed by atoms with Crippen molar-refractivity contribution in [3.63, 3.8) is 0 Å². The summed E-state index contributed by atoms with van der Waals surface area (Å²) in [4.78, 5) is 23.6. The first-order chi connectivity index (χ1) is 16.0. The molecule has 1 unspecified atom stereocenters. The van der Waals surface area contributed by atoms with Gasteiger partial charge in [-0.15, -0.1) is 0 Å². The van der Waals surface area contributed by atoms with Crippen molar-refractivity contribution >= 4 is 11.9 Å². The standard InChI is InChI=1S/C27H32N2O4/c1-3-6-19-9-11-21(12-10-19)18-28-26(30)24-17-25(33-29-24)23-15-13-20(14-16-23)7-5-8-22(4-2)27(31)32/h9-17,22H,3-8,18H2,1-2H3,(H,28,30)(H,31,32). The average Bonchev–Trinajstić information content (AvgIpc) is 3.32. The summed E-state index contributed by atoms with van der Waals surface area (Å²) >= 11 is 0. The second-order valence-corrected chi connectivity index (χ2v) is 8.36. The molecule has 2 aromatic carbocycles. The summed E-state index contributed by atoms with van der Waals surface area (Å²) in [5.74, 6) is -0.734. The molecule has 174 valence electrons. The van der Waals surface area contributed by atoms with E-state index in [4.69, 9.17) is 9.63 Å². The molecule has 6 nitrogen and oxygen atoms in total. The molecular weight excluding hydrogens is 416 g/mol. The van der Waals surface area contributed by atoms with Crippen LogP contribution in [0.2, 0.25) is 0 Å². The monoisotopic (exact) mass is 448 g/mol. The maximum Gasteiger partial charge on any atom is 0.306 e. The minimum absolute atomic E-state index is 0.246. The van der Waals surface area contributed by atoms with Crippen molar-refractivity contribution in [2.45, 2.75) is 58.9 Å². The van der Waals surface area contributed by atoms with Crippen molar-refractivity contribution < 1.29 is 19.2 Å². The fourth-order valence-corrected chi connectivity index (χ4v) is 3.79. The third-order valence-corrected chi connectivity index (χ3v) is 5.86. The highest BCUT2D eigenvalue weighted by Crippen LogP contribution is 2.22. The van der Waals surface area contributed by atoms with E-state index >= 15 is 0 Å². The molecule has 1 amide bonds. The molecule has 0 saturated carbocycles. The molecule has 1 atom stereocenters. The first-order valence-electron chi connectivity index (χ1n) is 11.6. The van der Waals surface area contributed by atoms with Crippen molar-refractivity contribution in [1.29, 1.82) is 0 Å². The van der Waals surface area contributed by atoms with E-state index in [1.807, 2.05) is 43.3 Å². The molecule has 0 saturated heterocycles. The van der Waals surface area contributed by atoms with Crippen LogP contribution < -0.4 is 5.32 Å². The summed E-state index contributed by atoms with van der Waals surface area (Å²) in [6.45, 7) is 4.49. The Morgan fingerprint density at radius 3 is 2.24 bits per heavy atom. The Bertz CT molecular complexity index is 1040. The Kier molecular flexibility index (Phi) is 8.81. The number of benzene rings is 2. The van der Waals surface area contributed by atoms with Gasteiger partial charge in [-0.05, 0) is 48.8 Å². The van der Waals surface area contributed by atoms with Crippen molar-refractivity contribution in [2.24, 2.45) is 5.92 Å². The third-order valence-electron chi connectivity index (χ3n) is 5.86. The lowest BCUT2D eigenvalue weighted by Gasteiger charge is -2.09. The molecule has 0 radical (unpaired) electrons. The fraction of sp³-hybridized carbons (Fsp3) is 0.370. The molecule has 1 heterocycles. The van der Waals surface area contributed by atoms with Crippen LogP contribution in [0.5, 0.6) is 0 Å². The van der Waals surface area contributed by atoms with E-state index in [0.29, 0.717) is 25.1 Å². The summed E-state index contributed by atoms with van der Waals surface area (Å²) < 4.78 is 5.38. The molecule has 2 N–H and O–H groups in total. The van der Waals surface area contributed by atoms with E-state index in [9.17, 15) is 9.59 Å². The number of nitrogens with zero attached hydrogens (tertiary/aromatic N) is 1. The lowest BCUT2D eigenvalue weighted by Crippen LogP contribution is -2.23. The van der Waals surface area contributed by atoms with Crippen LogP contribution in [-0.2, 0) is 24.2 Å².